The molecule has 0 atom stereocenters. The Hall–Kier alpha value is -1.70. The first-order valence-corrected chi connectivity index (χ1v) is 8.12. The molecule has 0 aromatic carbocycles. The van der Waals surface area contributed by atoms with Gasteiger partial charge in [0.2, 0.25) is 5.91 Å². The Balaban J connectivity index is 1.83. The fourth-order valence-electron chi connectivity index (χ4n) is 2.29. The lowest BCUT2D eigenvalue weighted by Crippen LogP contribution is -2.16. The highest BCUT2D eigenvalue weighted by Gasteiger charge is 2.26. The number of aromatic carboxylic acids is 1. The van der Waals surface area contributed by atoms with Crippen molar-refractivity contribution in [3.8, 4) is 0 Å². The Labute approximate surface area is 129 Å². The van der Waals surface area contributed by atoms with E-state index >= 15 is 0 Å². The number of nitrogens with one attached hydrogen (secondary N) is 1. The number of carbonyl (C=O) groups excluding carboxylic acids is 1. The van der Waals surface area contributed by atoms with Gasteiger partial charge in [-0.25, -0.2) is 4.79 Å². The summed E-state index contributed by atoms with van der Waals surface area (Å²) in [5.74, 6) is -1.19. The van der Waals surface area contributed by atoms with Crippen LogP contribution in [-0.4, -0.2) is 23.6 Å². The lowest BCUT2D eigenvalue weighted by molar-refractivity contribution is -0.115. The number of carboxylic acids is 1. The van der Waals surface area contributed by atoms with Crippen molar-refractivity contribution in [1.29, 1.82) is 0 Å². The van der Waals surface area contributed by atoms with E-state index in [-0.39, 0.29) is 17.9 Å². The van der Waals surface area contributed by atoms with Crippen LogP contribution in [0.4, 0.5) is 5.00 Å². The summed E-state index contributed by atoms with van der Waals surface area (Å²) in [6, 6.07) is 3.77. The predicted octanol–water partition coefficient (Wildman–Crippen LogP) is 2.76. The first-order chi connectivity index (χ1) is 10.1. The molecule has 0 aliphatic carbocycles. The number of carboxylic acid groups (broad SMARTS) is 1. The van der Waals surface area contributed by atoms with Gasteiger partial charge in [0.05, 0.1) is 25.2 Å². The highest BCUT2D eigenvalue weighted by molar-refractivity contribution is 7.17. The number of anilines is 1. The molecule has 110 valence electrons. The minimum Gasteiger partial charge on any atom is -0.478 e. The number of carbonyl (C=O) groups is 2. The maximum Gasteiger partial charge on any atom is 0.339 e. The molecule has 2 aromatic rings. The third-order valence-corrected chi connectivity index (χ3v) is 5.20. The van der Waals surface area contributed by atoms with E-state index in [1.165, 1.54) is 22.7 Å². The quantitative estimate of drug-likeness (QED) is 0.907. The average Bonchev–Trinajstić information content (AvgIpc) is 3.04. The van der Waals surface area contributed by atoms with Gasteiger partial charge in [0.1, 0.15) is 5.00 Å². The van der Waals surface area contributed by atoms with Crippen LogP contribution >= 0.6 is 22.7 Å². The molecule has 21 heavy (non-hydrogen) atoms. The van der Waals surface area contributed by atoms with Crippen molar-refractivity contribution in [3.05, 3.63) is 38.4 Å². The maximum atomic E-state index is 12.0. The lowest BCUT2D eigenvalue weighted by atomic mass is 10.1. The summed E-state index contributed by atoms with van der Waals surface area (Å²) in [5.41, 5.74) is 1.02. The molecule has 0 spiro atoms. The number of hydrogen-bond donors (Lipinski definition) is 2. The molecule has 5 nitrogen and oxygen atoms in total. The Bertz CT molecular complexity index is 675. The second kappa shape index (κ2) is 5.97. The van der Waals surface area contributed by atoms with Crippen LogP contribution in [0.15, 0.2) is 17.5 Å². The number of rotatable bonds is 4. The first-order valence-electron chi connectivity index (χ1n) is 6.43. The highest BCUT2D eigenvalue weighted by atomic mass is 32.1. The van der Waals surface area contributed by atoms with Crippen LogP contribution in [-0.2, 0) is 29.0 Å². The Morgan fingerprint density at radius 2 is 2.29 bits per heavy atom. The van der Waals surface area contributed by atoms with E-state index in [1.54, 1.807) is 0 Å². The number of thiophene rings is 2. The zero-order valence-electron chi connectivity index (χ0n) is 11.0. The van der Waals surface area contributed by atoms with Crippen molar-refractivity contribution >= 4 is 39.6 Å². The van der Waals surface area contributed by atoms with E-state index in [2.05, 4.69) is 5.32 Å². The molecule has 1 aliphatic heterocycles. The van der Waals surface area contributed by atoms with Gasteiger partial charge in [-0.3, -0.25) is 4.79 Å². The monoisotopic (exact) mass is 323 g/mol. The molecule has 0 fully saturated rings. The minimum absolute atomic E-state index is 0.195. The largest absolute Gasteiger partial charge is 0.478 e. The molecule has 0 saturated heterocycles. The average molecular weight is 323 g/mol. The Kier molecular flexibility index (Phi) is 4.05. The molecule has 0 unspecified atom stereocenters. The van der Waals surface area contributed by atoms with Crippen molar-refractivity contribution < 1.29 is 19.4 Å². The van der Waals surface area contributed by atoms with Crippen LogP contribution in [0.1, 0.15) is 25.7 Å². The normalized spacial score (nSPS) is 13.7. The maximum absolute atomic E-state index is 12.0. The third kappa shape index (κ3) is 2.99. The Morgan fingerprint density at radius 1 is 1.43 bits per heavy atom. The molecule has 1 amide bonds. The van der Waals surface area contributed by atoms with Crippen molar-refractivity contribution in [1.82, 2.24) is 0 Å². The van der Waals surface area contributed by atoms with Crippen LogP contribution in [0.25, 0.3) is 0 Å². The second-order valence-electron chi connectivity index (χ2n) is 4.62. The molecule has 3 heterocycles. The molecule has 0 radical (unpaired) electrons. The summed E-state index contributed by atoms with van der Waals surface area (Å²) < 4.78 is 5.34. The summed E-state index contributed by atoms with van der Waals surface area (Å²) in [6.07, 6.45) is 0.837. The van der Waals surface area contributed by atoms with Gasteiger partial charge in [-0.2, -0.15) is 0 Å². The zero-order valence-corrected chi connectivity index (χ0v) is 12.7. The second-order valence-corrected chi connectivity index (χ2v) is 6.76. The van der Waals surface area contributed by atoms with E-state index in [0.717, 1.165) is 15.3 Å². The predicted molar refractivity (Wildman–Crippen MR) is 81.3 cm³/mol. The van der Waals surface area contributed by atoms with Gasteiger partial charge in [-0.1, -0.05) is 6.07 Å². The van der Waals surface area contributed by atoms with E-state index < -0.39 is 5.97 Å². The zero-order chi connectivity index (χ0) is 14.8. The standard InChI is InChI=1S/C14H13NO4S2/c16-11(6-8-2-1-5-20-8)15-13-12(14(17)18)9-3-4-19-7-10(9)21-13/h1-2,5H,3-4,6-7H2,(H,15,16)(H,17,18). The molecular weight excluding hydrogens is 310 g/mol. The molecule has 2 N–H and O–H groups in total. The van der Waals surface area contributed by atoms with E-state index in [4.69, 9.17) is 4.74 Å². The molecule has 0 saturated carbocycles. The molecule has 2 aromatic heterocycles. The fraction of sp³-hybridized carbons (Fsp3) is 0.286. The van der Waals surface area contributed by atoms with Gasteiger partial charge in [-0.05, 0) is 23.4 Å². The third-order valence-electron chi connectivity index (χ3n) is 3.20. The lowest BCUT2D eigenvalue weighted by Gasteiger charge is -2.11. The van der Waals surface area contributed by atoms with Gasteiger partial charge < -0.3 is 15.2 Å². The number of ether oxygens (including phenoxy) is 1. The highest BCUT2D eigenvalue weighted by Crippen LogP contribution is 2.36. The first kappa shape index (κ1) is 14.2. The molecule has 1 aliphatic rings. The van der Waals surface area contributed by atoms with Crippen LogP contribution < -0.4 is 5.32 Å². The van der Waals surface area contributed by atoms with Crippen LogP contribution in [0.2, 0.25) is 0 Å². The van der Waals surface area contributed by atoms with Gasteiger partial charge in [0.15, 0.2) is 0 Å². The Morgan fingerprint density at radius 3 is 3.00 bits per heavy atom. The van der Waals surface area contributed by atoms with Crippen molar-refractivity contribution in [2.75, 3.05) is 11.9 Å². The van der Waals surface area contributed by atoms with Gasteiger partial charge in [0, 0.05) is 9.75 Å². The van der Waals surface area contributed by atoms with Gasteiger partial charge in [-0.15, -0.1) is 22.7 Å². The van der Waals surface area contributed by atoms with Gasteiger partial charge >= 0.3 is 5.97 Å². The van der Waals surface area contributed by atoms with E-state index in [1.807, 2.05) is 17.5 Å². The van der Waals surface area contributed by atoms with Crippen molar-refractivity contribution in [3.63, 3.8) is 0 Å². The minimum atomic E-state index is -0.999. The van der Waals surface area contributed by atoms with Crippen LogP contribution in [0.3, 0.4) is 0 Å². The van der Waals surface area contributed by atoms with Crippen LogP contribution in [0.5, 0.6) is 0 Å². The number of fused-ring (bicyclic) bond motifs is 1. The van der Waals surface area contributed by atoms with Crippen molar-refractivity contribution in [2.24, 2.45) is 0 Å². The molecular formula is C14H13NO4S2. The molecule has 7 heteroatoms. The summed E-state index contributed by atoms with van der Waals surface area (Å²) in [4.78, 5) is 25.4. The van der Waals surface area contributed by atoms with Gasteiger partial charge in [0.25, 0.3) is 0 Å². The summed E-state index contributed by atoms with van der Waals surface area (Å²) in [5, 5.41) is 14.5. The number of hydrogen-bond acceptors (Lipinski definition) is 5. The smallest absolute Gasteiger partial charge is 0.339 e. The SMILES string of the molecule is O=C(Cc1cccs1)Nc1sc2c(c1C(=O)O)CCOC2. The molecule has 3 rings (SSSR count). The van der Waals surface area contributed by atoms with Crippen LogP contribution in [0, 0.1) is 0 Å². The summed E-state index contributed by atoms with van der Waals surface area (Å²) in [7, 11) is 0. The topological polar surface area (TPSA) is 75.6 Å². The fourth-order valence-corrected chi connectivity index (χ4v) is 4.19. The molecule has 0 bridgehead atoms. The van der Waals surface area contributed by atoms with Crippen molar-refractivity contribution in [2.45, 2.75) is 19.4 Å². The van der Waals surface area contributed by atoms with E-state index in [0.29, 0.717) is 24.6 Å². The summed E-state index contributed by atoms with van der Waals surface area (Å²) in [6.45, 7) is 0.938. The number of amides is 1. The van der Waals surface area contributed by atoms with E-state index in [9.17, 15) is 14.7 Å². The summed E-state index contributed by atoms with van der Waals surface area (Å²) >= 11 is 2.80.